The van der Waals surface area contributed by atoms with E-state index < -0.39 is 5.97 Å². The van der Waals surface area contributed by atoms with E-state index in [4.69, 9.17) is 5.11 Å². The highest BCUT2D eigenvalue weighted by molar-refractivity contribution is 5.66. The van der Waals surface area contributed by atoms with Gasteiger partial charge in [-0.15, -0.1) is 0 Å². The average Bonchev–Trinajstić information content (AvgIpc) is 1.61. The summed E-state index contributed by atoms with van der Waals surface area (Å²) in [6.07, 6.45) is 2.08. The molecule has 0 spiro atoms. The van der Waals surface area contributed by atoms with E-state index in [-0.39, 0.29) is 0 Å². The van der Waals surface area contributed by atoms with Crippen LogP contribution in [0, 0.1) is 0 Å². The number of hydrogen-bond donors (Lipinski definition) is 1. The van der Waals surface area contributed by atoms with Crippen molar-refractivity contribution in [3.05, 3.63) is 0 Å². The molecule has 0 aromatic rings. The first-order chi connectivity index (χ1) is 3.27. The Kier molecular flexibility index (Phi) is 3.38. The zero-order valence-electron chi connectivity index (χ0n) is 4.48. The maximum Gasteiger partial charge on any atom is 0.303 e. The molecular formula is C5H10O2. The van der Waals surface area contributed by atoms with Crippen molar-refractivity contribution >= 4 is 5.97 Å². The fraction of sp³-hybridized carbons (Fsp3) is 0.800. The van der Waals surface area contributed by atoms with Crippen molar-refractivity contribution < 1.29 is 9.90 Å². The van der Waals surface area contributed by atoms with Gasteiger partial charge in [0, 0.05) is 6.42 Å². The Morgan fingerprint density at radius 2 is 2.29 bits per heavy atom. The Morgan fingerprint density at radius 1 is 1.71 bits per heavy atom. The third-order valence-corrected chi connectivity index (χ3v) is 0.744. The van der Waals surface area contributed by atoms with Gasteiger partial charge in [0.2, 0.25) is 0 Å². The van der Waals surface area contributed by atoms with Crippen LogP contribution < -0.4 is 0 Å². The standard InChI is InChI=1S/C5H10O2/c1-2-3-4-5(6)7/h2-4H2,1H3,(H,6,7)/i1+1,2+1,3+1,4+1,5+1. The number of unbranched alkanes of at least 4 members (excludes halogenated alkanes) is 1. The number of carboxylic acids is 1. The highest BCUT2D eigenvalue weighted by atomic mass is 16.5. The van der Waals surface area contributed by atoms with E-state index >= 15 is 0 Å². The van der Waals surface area contributed by atoms with Crippen molar-refractivity contribution in [2.24, 2.45) is 0 Å². The highest BCUT2D eigenvalue weighted by Crippen LogP contribution is 1.91. The maximum absolute atomic E-state index is 9.76. The average molecular weight is 107 g/mol. The molecule has 0 aromatic carbocycles. The number of carboxylic acid groups (broad SMARTS) is 1. The molecule has 0 aliphatic carbocycles. The van der Waals surface area contributed by atoms with Gasteiger partial charge in [-0.3, -0.25) is 4.79 Å². The van der Waals surface area contributed by atoms with Gasteiger partial charge in [0.1, 0.15) is 0 Å². The van der Waals surface area contributed by atoms with Crippen molar-refractivity contribution in [3.8, 4) is 0 Å². The van der Waals surface area contributed by atoms with Crippen LogP contribution in [-0.2, 0) is 4.79 Å². The van der Waals surface area contributed by atoms with Crippen LogP contribution in [0.3, 0.4) is 0 Å². The van der Waals surface area contributed by atoms with E-state index in [1.807, 2.05) is 6.92 Å². The van der Waals surface area contributed by atoms with Gasteiger partial charge < -0.3 is 5.11 Å². The molecule has 0 atom stereocenters. The molecule has 0 aliphatic heterocycles. The first kappa shape index (κ1) is 6.47. The van der Waals surface area contributed by atoms with E-state index in [0.29, 0.717) is 6.42 Å². The molecule has 0 heterocycles. The van der Waals surface area contributed by atoms with Gasteiger partial charge in [0.15, 0.2) is 0 Å². The van der Waals surface area contributed by atoms with Crippen LogP contribution in [0.2, 0.25) is 0 Å². The molecule has 0 unspecified atom stereocenters. The summed E-state index contributed by atoms with van der Waals surface area (Å²) >= 11 is 0. The molecule has 42 valence electrons. The molecule has 1 N–H and O–H groups in total. The number of hydrogen-bond acceptors (Lipinski definition) is 1. The predicted molar refractivity (Wildman–Crippen MR) is 27.2 cm³/mol. The van der Waals surface area contributed by atoms with Crippen LogP contribution in [0.1, 0.15) is 26.2 Å². The topological polar surface area (TPSA) is 37.3 Å². The fourth-order valence-corrected chi connectivity index (χ4v) is 0.328. The quantitative estimate of drug-likeness (QED) is 0.551. The maximum atomic E-state index is 9.76. The molecule has 0 rings (SSSR count). The van der Waals surface area contributed by atoms with E-state index in [1.54, 1.807) is 0 Å². The molecular weight excluding hydrogens is 97.0 g/mol. The van der Waals surface area contributed by atoms with Crippen LogP contribution >= 0.6 is 0 Å². The molecule has 0 aliphatic rings. The van der Waals surface area contributed by atoms with E-state index in [9.17, 15) is 4.79 Å². The zero-order chi connectivity index (χ0) is 5.70. The number of rotatable bonds is 3. The molecule has 0 aromatic heterocycles. The summed E-state index contributed by atoms with van der Waals surface area (Å²) in [6, 6.07) is 0. The molecule has 7 heavy (non-hydrogen) atoms. The van der Waals surface area contributed by atoms with Crippen molar-refractivity contribution in [2.75, 3.05) is 0 Å². The van der Waals surface area contributed by atoms with Gasteiger partial charge >= 0.3 is 5.97 Å². The Balaban J connectivity index is 2.82. The summed E-state index contributed by atoms with van der Waals surface area (Å²) in [6.45, 7) is 1.98. The zero-order valence-corrected chi connectivity index (χ0v) is 4.48. The first-order valence-corrected chi connectivity index (χ1v) is 2.49. The van der Waals surface area contributed by atoms with Crippen LogP contribution in [-0.4, -0.2) is 11.1 Å². The van der Waals surface area contributed by atoms with Gasteiger partial charge in [0.05, 0.1) is 0 Å². The van der Waals surface area contributed by atoms with E-state index in [0.717, 1.165) is 12.8 Å². The van der Waals surface area contributed by atoms with Gasteiger partial charge in [-0.05, 0) is 6.42 Å². The third-order valence-electron chi connectivity index (χ3n) is 0.744. The van der Waals surface area contributed by atoms with Gasteiger partial charge in [-0.2, -0.15) is 0 Å². The number of carbonyl (C=O) groups is 1. The van der Waals surface area contributed by atoms with Crippen LogP contribution in [0.5, 0.6) is 0 Å². The fourth-order valence-electron chi connectivity index (χ4n) is 0.328. The molecule has 0 bridgehead atoms. The molecule has 0 saturated heterocycles. The molecule has 0 radical (unpaired) electrons. The predicted octanol–water partition coefficient (Wildman–Crippen LogP) is 1.26. The molecule has 0 fully saturated rings. The second-order valence-electron chi connectivity index (χ2n) is 1.50. The summed E-state index contributed by atoms with van der Waals surface area (Å²) in [5.74, 6) is -0.693. The molecule has 0 amide bonds. The van der Waals surface area contributed by atoms with Crippen LogP contribution in [0.4, 0.5) is 0 Å². The first-order valence-electron chi connectivity index (χ1n) is 2.49. The van der Waals surface area contributed by atoms with Crippen molar-refractivity contribution in [3.63, 3.8) is 0 Å². The Morgan fingerprint density at radius 3 is 2.43 bits per heavy atom. The second-order valence-corrected chi connectivity index (χ2v) is 1.50. The summed E-state index contributed by atoms with van der Waals surface area (Å²) in [7, 11) is 0. The van der Waals surface area contributed by atoms with Crippen molar-refractivity contribution in [1.82, 2.24) is 0 Å². The second kappa shape index (κ2) is 3.65. The minimum Gasteiger partial charge on any atom is -0.481 e. The smallest absolute Gasteiger partial charge is 0.303 e. The van der Waals surface area contributed by atoms with Crippen LogP contribution in [0.15, 0.2) is 0 Å². The SMILES string of the molecule is [13CH3][13CH2][13CH2][13CH2][13C](=O)O. The van der Waals surface area contributed by atoms with Crippen molar-refractivity contribution in [2.45, 2.75) is 26.2 Å². The normalized spacial score (nSPS) is 8.71. The highest BCUT2D eigenvalue weighted by Gasteiger charge is 1.90. The molecule has 2 nitrogen and oxygen atoms in total. The third kappa shape index (κ3) is 5.47. The van der Waals surface area contributed by atoms with Gasteiger partial charge in [-0.25, -0.2) is 0 Å². The Labute approximate surface area is 43.2 Å². The summed E-state index contributed by atoms with van der Waals surface area (Å²) in [5, 5.41) is 8.04. The van der Waals surface area contributed by atoms with Crippen LogP contribution in [0.25, 0.3) is 0 Å². The minimum atomic E-state index is -0.693. The molecule has 2 heteroatoms. The summed E-state index contributed by atoms with van der Waals surface area (Å²) < 4.78 is 0. The lowest BCUT2D eigenvalue weighted by Crippen LogP contribution is -1.91. The lowest BCUT2D eigenvalue weighted by atomic mass is 11.2. The van der Waals surface area contributed by atoms with Gasteiger partial charge in [-0.1, -0.05) is 13.3 Å². The van der Waals surface area contributed by atoms with Gasteiger partial charge in [0.25, 0.3) is 0 Å². The van der Waals surface area contributed by atoms with Crippen molar-refractivity contribution in [1.29, 1.82) is 0 Å². The van der Waals surface area contributed by atoms with E-state index in [2.05, 4.69) is 0 Å². The minimum absolute atomic E-state index is 0.316. The molecule has 0 saturated carbocycles. The largest absolute Gasteiger partial charge is 0.481 e. The number of aliphatic carboxylic acids is 1. The summed E-state index contributed by atoms with van der Waals surface area (Å²) in [5.41, 5.74) is 0. The van der Waals surface area contributed by atoms with E-state index in [1.165, 1.54) is 0 Å². The summed E-state index contributed by atoms with van der Waals surface area (Å²) in [4.78, 5) is 9.76. The Hall–Kier alpha value is -0.530. The lowest BCUT2D eigenvalue weighted by molar-refractivity contribution is -0.137. The monoisotopic (exact) mass is 107 g/mol. The lowest BCUT2D eigenvalue weighted by Gasteiger charge is -1.85. The Bertz CT molecular complexity index is 59.1.